The zero-order chi connectivity index (χ0) is 16.2. The molecule has 0 spiro atoms. The highest BCUT2D eigenvalue weighted by molar-refractivity contribution is 5.94. The van der Waals surface area contributed by atoms with E-state index in [1.165, 1.54) is 0 Å². The number of benzene rings is 1. The zero-order valence-electron chi connectivity index (χ0n) is 13.0. The molecule has 0 radical (unpaired) electrons. The van der Waals surface area contributed by atoms with E-state index >= 15 is 0 Å². The molecule has 2 heterocycles. The lowest BCUT2D eigenvalue weighted by Gasteiger charge is -2.36. The summed E-state index contributed by atoms with van der Waals surface area (Å²) in [7, 11) is 1.66. The minimum Gasteiger partial charge on any atom is -0.495 e. The molecule has 1 saturated heterocycles. The second-order valence-corrected chi connectivity index (χ2v) is 5.42. The second kappa shape index (κ2) is 6.56. The van der Waals surface area contributed by atoms with Crippen LogP contribution in [0, 0.1) is 0 Å². The van der Waals surface area contributed by atoms with Gasteiger partial charge in [-0.3, -0.25) is 9.59 Å². The summed E-state index contributed by atoms with van der Waals surface area (Å²) >= 11 is 0. The number of hydrogen-bond acceptors (Lipinski definition) is 4. The Labute approximate surface area is 134 Å². The van der Waals surface area contributed by atoms with Crippen LogP contribution in [0.4, 0.5) is 5.69 Å². The highest BCUT2D eigenvalue weighted by Crippen LogP contribution is 2.28. The molecule has 1 aliphatic rings. The number of nitrogens with zero attached hydrogens (tertiary/aromatic N) is 2. The summed E-state index contributed by atoms with van der Waals surface area (Å²) in [5.41, 5.74) is 1.99. The maximum absolute atomic E-state index is 12.4. The van der Waals surface area contributed by atoms with Gasteiger partial charge in [-0.2, -0.15) is 0 Å². The Bertz CT molecular complexity index is 703. The molecule has 1 aromatic heterocycles. The van der Waals surface area contributed by atoms with Crippen molar-refractivity contribution in [1.29, 1.82) is 0 Å². The van der Waals surface area contributed by atoms with E-state index in [-0.39, 0.29) is 5.91 Å². The topological polar surface area (TPSA) is 65.6 Å². The molecular weight excluding hydrogens is 294 g/mol. The predicted molar refractivity (Wildman–Crippen MR) is 87.3 cm³/mol. The van der Waals surface area contributed by atoms with Crippen LogP contribution in [0.1, 0.15) is 20.8 Å². The molecule has 0 aliphatic carbocycles. The number of ether oxygens (including phenoxy) is 1. The Balaban J connectivity index is 1.66. The summed E-state index contributed by atoms with van der Waals surface area (Å²) in [4.78, 5) is 30.0. The number of rotatable bonds is 4. The van der Waals surface area contributed by atoms with Gasteiger partial charge in [-0.1, -0.05) is 12.1 Å². The predicted octanol–water partition coefficient (Wildman–Crippen LogP) is 1.80. The van der Waals surface area contributed by atoms with Gasteiger partial charge in [0.2, 0.25) is 0 Å². The summed E-state index contributed by atoms with van der Waals surface area (Å²) in [5, 5.41) is 0. The molecule has 0 atom stereocenters. The van der Waals surface area contributed by atoms with Crippen molar-refractivity contribution < 1.29 is 14.3 Å². The van der Waals surface area contributed by atoms with Gasteiger partial charge in [-0.15, -0.1) is 0 Å². The number of amides is 1. The summed E-state index contributed by atoms with van der Waals surface area (Å²) in [6, 6.07) is 9.47. The first-order valence-electron chi connectivity index (χ1n) is 7.54. The van der Waals surface area contributed by atoms with Gasteiger partial charge in [-0.25, -0.2) is 0 Å². The average molecular weight is 313 g/mol. The number of anilines is 1. The molecule has 0 bridgehead atoms. The van der Waals surface area contributed by atoms with Crippen molar-refractivity contribution in [3.8, 4) is 5.75 Å². The fraction of sp³-hybridized carbons (Fsp3) is 0.294. The van der Waals surface area contributed by atoms with Crippen LogP contribution in [0.5, 0.6) is 5.75 Å². The number of aromatic nitrogens is 1. The smallest absolute Gasteiger partial charge is 0.270 e. The van der Waals surface area contributed by atoms with Crippen molar-refractivity contribution >= 4 is 17.9 Å². The Morgan fingerprint density at radius 3 is 2.61 bits per heavy atom. The van der Waals surface area contributed by atoms with Gasteiger partial charge in [-0.05, 0) is 18.2 Å². The summed E-state index contributed by atoms with van der Waals surface area (Å²) < 4.78 is 5.40. The first-order chi connectivity index (χ1) is 11.2. The van der Waals surface area contributed by atoms with E-state index in [0.717, 1.165) is 30.8 Å². The van der Waals surface area contributed by atoms with Gasteiger partial charge in [0.05, 0.1) is 12.8 Å². The molecule has 0 unspecified atom stereocenters. The van der Waals surface area contributed by atoms with Crippen molar-refractivity contribution in [2.24, 2.45) is 0 Å². The van der Waals surface area contributed by atoms with E-state index < -0.39 is 0 Å². The summed E-state index contributed by atoms with van der Waals surface area (Å²) in [6.07, 6.45) is 2.28. The SMILES string of the molecule is COc1ccccc1N1CCN(C(=O)c2cc(C=O)c[nH]2)CC1. The van der Waals surface area contributed by atoms with Crippen LogP contribution in [0.15, 0.2) is 36.5 Å². The van der Waals surface area contributed by atoms with Crippen molar-refractivity contribution in [3.05, 3.63) is 47.8 Å². The Kier molecular flexibility index (Phi) is 4.32. The van der Waals surface area contributed by atoms with Gasteiger partial charge in [0.15, 0.2) is 6.29 Å². The minimum atomic E-state index is -0.0715. The lowest BCUT2D eigenvalue weighted by molar-refractivity contribution is 0.0741. The fourth-order valence-corrected chi connectivity index (χ4v) is 2.81. The monoisotopic (exact) mass is 313 g/mol. The standard InChI is InChI=1S/C17H19N3O3/c1-23-16-5-3-2-4-15(16)19-6-8-20(9-7-19)17(22)14-10-13(12-21)11-18-14/h2-5,10-12,18H,6-9H2,1H3. The number of carbonyl (C=O) groups is 2. The quantitative estimate of drug-likeness (QED) is 0.874. The van der Waals surface area contributed by atoms with Crippen LogP contribution >= 0.6 is 0 Å². The van der Waals surface area contributed by atoms with Crippen LogP contribution in [0.3, 0.4) is 0 Å². The number of H-pyrrole nitrogens is 1. The highest BCUT2D eigenvalue weighted by Gasteiger charge is 2.24. The van der Waals surface area contributed by atoms with Crippen molar-refractivity contribution in [3.63, 3.8) is 0 Å². The number of para-hydroxylation sites is 2. The number of aldehydes is 1. The molecule has 1 amide bonds. The molecule has 1 N–H and O–H groups in total. The highest BCUT2D eigenvalue weighted by atomic mass is 16.5. The van der Waals surface area contributed by atoms with Crippen LogP contribution < -0.4 is 9.64 Å². The molecule has 2 aromatic rings. The molecule has 1 fully saturated rings. The number of hydrogen-bond donors (Lipinski definition) is 1. The molecule has 23 heavy (non-hydrogen) atoms. The lowest BCUT2D eigenvalue weighted by atomic mass is 10.2. The van der Waals surface area contributed by atoms with Crippen LogP contribution in [-0.2, 0) is 0 Å². The molecule has 0 saturated carbocycles. The van der Waals surface area contributed by atoms with E-state index in [4.69, 9.17) is 4.74 Å². The molecule has 6 heteroatoms. The second-order valence-electron chi connectivity index (χ2n) is 5.42. The van der Waals surface area contributed by atoms with Gasteiger partial charge in [0, 0.05) is 37.9 Å². The average Bonchev–Trinajstić information content (AvgIpc) is 3.10. The number of nitrogens with one attached hydrogen (secondary N) is 1. The largest absolute Gasteiger partial charge is 0.495 e. The third-order valence-corrected chi connectivity index (χ3v) is 4.06. The van der Waals surface area contributed by atoms with Gasteiger partial charge >= 0.3 is 0 Å². The third kappa shape index (κ3) is 3.06. The van der Waals surface area contributed by atoms with Crippen LogP contribution in [0.25, 0.3) is 0 Å². The number of methoxy groups -OCH3 is 1. The van der Waals surface area contributed by atoms with Gasteiger partial charge in [0.25, 0.3) is 5.91 Å². The van der Waals surface area contributed by atoms with Gasteiger partial charge in [0.1, 0.15) is 11.4 Å². The summed E-state index contributed by atoms with van der Waals surface area (Å²) in [6.45, 7) is 2.75. The molecule has 6 nitrogen and oxygen atoms in total. The molecule has 1 aromatic carbocycles. The number of piperazine rings is 1. The van der Waals surface area contributed by atoms with Crippen molar-refractivity contribution in [2.75, 3.05) is 38.2 Å². The molecule has 3 rings (SSSR count). The Morgan fingerprint density at radius 1 is 1.22 bits per heavy atom. The van der Waals surface area contributed by atoms with Crippen LogP contribution in [-0.4, -0.2) is 55.4 Å². The summed E-state index contributed by atoms with van der Waals surface area (Å²) in [5.74, 6) is 0.769. The van der Waals surface area contributed by atoms with Gasteiger partial charge < -0.3 is 19.5 Å². The Morgan fingerprint density at radius 2 is 1.96 bits per heavy atom. The zero-order valence-corrected chi connectivity index (χ0v) is 13.0. The normalized spacial score (nSPS) is 14.7. The minimum absolute atomic E-state index is 0.0715. The number of carbonyl (C=O) groups excluding carboxylic acids is 2. The first-order valence-corrected chi connectivity index (χ1v) is 7.54. The van der Waals surface area contributed by atoms with Crippen molar-refractivity contribution in [1.82, 2.24) is 9.88 Å². The molecule has 1 aliphatic heterocycles. The lowest BCUT2D eigenvalue weighted by Crippen LogP contribution is -2.49. The van der Waals surface area contributed by atoms with Crippen LogP contribution in [0.2, 0.25) is 0 Å². The van der Waals surface area contributed by atoms with E-state index in [9.17, 15) is 9.59 Å². The third-order valence-electron chi connectivity index (χ3n) is 4.06. The number of aromatic amines is 1. The maximum Gasteiger partial charge on any atom is 0.270 e. The van der Waals surface area contributed by atoms with E-state index in [2.05, 4.69) is 9.88 Å². The van der Waals surface area contributed by atoms with E-state index in [0.29, 0.717) is 24.3 Å². The fourth-order valence-electron chi connectivity index (χ4n) is 2.81. The molecular formula is C17H19N3O3. The van der Waals surface area contributed by atoms with E-state index in [1.54, 1.807) is 24.3 Å². The molecule has 120 valence electrons. The van der Waals surface area contributed by atoms with E-state index in [1.807, 2.05) is 24.3 Å². The maximum atomic E-state index is 12.4. The van der Waals surface area contributed by atoms with Crippen molar-refractivity contribution in [2.45, 2.75) is 0 Å². The first kappa shape index (κ1) is 15.1. The Hall–Kier alpha value is -2.76.